The van der Waals surface area contributed by atoms with E-state index in [9.17, 15) is 14.7 Å². The molecule has 0 radical (unpaired) electrons. The van der Waals surface area contributed by atoms with Crippen LogP contribution in [0.15, 0.2) is 0 Å². The number of rotatable bonds is 7. The fourth-order valence-electron chi connectivity index (χ4n) is 2.97. The standard InChI is InChI=1S/C15H27NO4/c1-12(7-6-10-17)16-13(18)11-15(14(19)20)8-4-2-3-5-9-15/h12,17H,2-11H2,1H3,(H,16,18)(H,19,20). The molecule has 5 heteroatoms. The van der Waals surface area contributed by atoms with Crippen molar-refractivity contribution in [3.05, 3.63) is 0 Å². The van der Waals surface area contributed by atoms with Gasteiger partial charge in [0.05, 0.1) is 5.41 Å². The van der Waals surface area contributed by atoms with Crippen LogP contribution >= 0.6 is 0 Å². The number of aliphatic carboxylic acids is 1. The highest BCUT2D eigenvalue weighted by molar-refractivity contribution is 5.85. The van der Waals surface area contributed by atoms with Crippen molar-refractivity contribution in [2.75, 3.05) is 6.61 Å². The van der Waals surface area contributed by atoms with Crippen molar-refractivity contribution < 1.29 is 19.8 Å². The molecule has 0 heterocycles. The van der Waals surface area contributed by atoms with Crippen molar-refractivity contribution >= 4 is 11.9 Å². The van der Waals surface area contributed by atoms with E-state index in [0.29, 0.717) is 25.7 Å². The maximum absolute atomic E-state index is 12.1. The quantitative estimate of drug-likeness (QED) is 0.625. The third kappa shape index (κ3) is 5.12. The van der Waals surface area contributed by atoms with E-state index < -0.39 is 11.4 Å². The van der Waals surface area contributed by atoms with Gasteiger partial charge in [-0.15, -0.1) is 0 Å². The fraction of sp³-hybridized carbons (Fsp3) is 0.867. The third-order valence-corrected chi connectivity index (χ3v) is 4.22. The van der Waals surface area contributed by atoms with Gasteiger partial charge in [-0.1, -0.05) is 25.7 Å². The van der Waals surface area contributed by atoms with Gasteiger partial charge in [-0.05, 0) is 32.6 Å². The maximum Gasteiger partial charge on any atom is 0.310 e. The molecule has 1 unspecified atom stereocenters. The number of amides is 1. The summed E-state index contributed by atoms with van der Waals surface area (Å²) in [4.78, 5) is 23.7. The number of aliphatic hydroxyl groups excluding tert-OH is 1. The Morgan fingerprint density at radius 2 is 1.80 bits per heavy atom. The second-order valence-electron chi connectivity index (χ2n) is 6.01. The van der Waals surface area contributed by atoms with Gasteiger partial charge < -0.3 is 15.5 Å². The van der Waals surface area contributed by atoms with E-state index in [2.05, 4.69) is 5.32 Å². The molecule has 20 heavy (non-hydrogen) atoms. The topological polar surface area (TPSA) is 86.6 Å². The fourth-order valence-corrected chi connectivity index (χ4v) is 2.97. The van der Waals surface area contributed by atoms with Crippen molar-refractivity contribution in [3.63, 3.8) is 0 Å². The van der Waals surface area contributed by atoms with Gasteiger partial charge in [-0.2, -0.15) is 0 Å². The SMILES string of the molecule is CC(CCCO)NC(=O)CC1(C(=O)O)CCCCCC1. The molecule has 1 fully saturated rings. The van der Waals surface area contributed by atoms with E-state index in [1.807, 2.05) is 6.92 Å². The average molecular weight is 285 g/mol. The Balaban J connectivity index is 2.56. The number of carbonyl (C=O) groups excluding carboxylic acids is 1. The van der Waals surface area contributed by atoms with Crippen LogP contribution in [0.1, 0.15) is 64.7 Å². The van der Waals surface area contributed by atoms with Gasteiger partial charge in [-0.3, -0.25) is 9.59 Å². The van der Waals surface area contributed by atoms with Crippen molar-refractivity contribution in [1.29, 1.82) is 0 Å². The predicted octanol–water partition coefficient (Wildman–Crippen LogP) is 2.08. The molecular weight excluding hydrogens is 258 g/mol. The Morgan fingerprint density at radius 3 is 2.30 bits per heavy atom. The van der Waals surface area contributed by atoms with E-state index in [1.165, 1.54) is 0 Å². The lowest BCUT2D eigenvalue weighted by atomic mass is 9.77. The van der Waals surface area contributed by atoms with Crippen LogP contribution in [0, 0.1) is 5.41 Å². The number of hydrogen-bond donors (Lipinski definition) is 3. The third-order valence-electron chi connectivity index (χ3n) is 4.22. The Labute approximate surface area is 120 Å². The normalized spacial score (nSPS) is 19.9. The van der Waals surface area contributed by atoms with Gasteiger partial charge in [0, 0.05) is 19.1 Å². The molecule has 0 aromatic carbocycles. The molecule has 0 aromatic rings. The molecule has 1 atom stereocenters. The molecule has 1 aliphatic rings. The van der Waals surface area contributed by atoms with Crippen LogP contribution in [0.2, 0.25) is 0 Å². The van der Waals surface area contributed by atoms with Gasteiger partial charge >= 0.3 is 5.97 Å². The highest BCUT2D eigenvalue weighted by Crippen LogP contribution is 2.38. The molecular formula is C15H27NO4. The van der Waals surface area contributed by atoms with Gasteiger partial charge in [0.2, 0.25) is 5.91 Å². The summed E-state index contributed by atoms with van der Waals surface area (Å²) in [6.45, 7) is 1.99. The Hall–Kier alpha value is -1.10. The number of carboxylic acid groups (broad SMARTS) is 1. The van der Waals surface area contributed by atoms with Crippen LogP contribution in [0.25, 0.3) is 0 Å². The molecule has 1 amide bonds. The zero-order valence-corrected chi connectivity index (χ0v) is 12.4. The summed E-state index contributed by atoms with van der Waals surface area (Å²) in [7, 11) is 0. The van der Waals surface area contributed by atoms with E-state index in [-0.39, 0.29) is 25.0 Å². The molecule has 116 valence electrons. The highest BCUT2D eigenvalue weighted by Gasteiger charge is 2.40. The number of nitrogens with one attached hydrogen (secondary N) is 1. The molecule has 1 aliphatic carbocycles. The first kappa shape index (κ1) is 17.0. The lowest BCUT2D eigenvalue weighted by molar-refractivity contribution is -0.153. The second kappa shape index (κ2) is 8.25. The lowest BCUT2D eigenvalue weighted by Crippen LogP contribution is -2.40. The molecule has 5 nitrogen and oxygen atoms in total. The van der Waals surface area contributed by atoms with E-state index >= 15 is 0 Å². The van der Waals surface area contributed by atoms with Gasteiger partial charge in [0.25, 0.3) is 0 Å². The Kier molecular flexibility index (Phi) is 6.99. The first-order valence-corrected chi connectivity index (χ1v) is 7.64. The highest BCUT2D eigenvalue weighted by atomic mass is 16.4. The van der Waals surface area contributed by atoms with Gasteiger partial charge in [0.1, 0.15) is 0 Å². The van der Waals surface area contributed by atoms with Gasteiger partial charge in [0.15, 0.2) is 0 Å². The summed E-state index contributed by atoms with van der Waals surface area (Å²) in [5.74, 6) is -1.02. The second-order valence-corrected chi connectivity index (χ2v) is 6.01. The molecule has 0 saturated heterocycles. The van der Waals surface area contributed by atoms with Crippen LogP contribution in [0.5, 0.6) is 0 Å². The van der Waals surface area contributed by atoms with E-state index in [1.54, 1.807) is 0 Å². The first-order valence-electron chi connectivity index (χ1n) is 7.64. The van der Waals surface area contributed by atoms with Crippen molar-refractivity contribution in [3.8, 4) is 0 Å². The maximum atomic E-state index is 12.1. The number of carboxylic acids is 1. The largest absolute Gasteiger partial charge is 0.481 e. The summed E-state index contributed by atoms with van der Waals surface area (Å²) in [6, 6.07) is -0.0220. The molecule has 0 aliphatic heterocycles. The molecule has 0 spiro atoms. The summed E-state index contributed by atoms with van der Waals surface area (Å²) in [5.41, 5.74) is -0.878. The van der Waals surface area contributed by atoms with Crippen LogP contribution in [-0.4, -0.2) is 34.7 Å². The minimum Gasteiger partial charge on any atom is -0.481 e. The Bertz CT molecular complexity index is 322. The van der Waals surface area contributed by atoms with Gasteiger partial charge in [-0.25, -0.2) is 0 Å². The molecule has 1 rings (SSSR count). The van der Waals surface area contributed by atoms with E-state index in [4.69, 9.17) is 5.11 Å². The predicted molar refractivity (Wildman–Crippen MR) is 76.3 cm³/mol. The molecule has 0 aromatic heterocycles. The summed E-state index contributed by atoms with van der Waals surface area (Å²) in [5, 5.41) is 21.1. The Morgan fingerprint density at radius 1 is 1.20 bits per heavy atom. The van der Waals surface area contributed by atoms with Crippen LogP contribution < -0.4 is 5.32 Å². The van der Waals surface area contributed by atoms with Crippen molar-refractivity contribution in [1.82, 2.24) is 5.32 Å². The van der Waals surface area contributed by atoms with Crippen LogP contribution in [0.4, 0.5) is 0 Å². The first-order chi connectivity index (χ1) is 9.50. The average Bonchev–Trinajstić information content (AvgIpc) is 2.62. The van der Waals surface area contributed by atoms with E-state index in [0.717, 1.165) is 25.7 Å². The zero-order valence-electron chi connectivity index (χ0n) is 12.4. The monoisotopic (exact) mass is 285 g/mol. The summed E-state index contributed by atoms with van der Waals surface area (Å²) >= 11 is 0. The summed E-state index contributed by atoms with van der Waals surface area (Å²) in [6.07, 6.45) is 6.52. The molecule has 1 saturated carbocycles. The lowest BCUT2D eigenvalue weighted by Gasteiger charge is -2.28. The minimum atomic E-state index is -0.878. The van der Waals surface area contributed by atoms with Crippen LogP contribution in [-0.2, 0) is 9.59 Å². The molecule has 3 N–H and O–H groups in total. The zero-order chi connectivity index (χ0) is 15.0. The molecule has 0 bridgehead atoms. The smallest absolute Gasteiger partial charge is 0.310 e. The minimum absolute atomic E-state index is 0.0220. The van der Waals surface area contributed by atoms with Crippen molar-refractivity contribution in [2.24, 2.45) is 5.41 Å². The number of hydrogen-bond acceptors (Lipinski definition) is 3. The number of carbonyl (C=O) groups is 2. The van der Waals surface area contributed by atoms with Crippen molar-refractivity contribution in [2.45, 2.75) is 70.8 Å². The van der Waals surface area contributed by atoms with Crippen LogP contribution in [0.3, 0.4) is 0 Å². The summed E-state index contributed by atoms with van der Waals surface area (Å²) < 4.78 is 0. The number of aliphatic hydroxyl groups is 1.